The SMILES string of the molecule is CCCN1CCC[C@H]2c3c(OCc4ccccc4)ccc(Br)c3OC[C@@H]21.Cl. The van der Waals surface area contributed by atoms with Crippen LogP contribution in [0.1, 0.15) is 43.2 Å². The van der Waals surface area contributed by atoms with Crippen molar-refractivity contribution in [3.05, 3.63) is 58.1 Å². The summed E-state index contributed by atoms with van der Waals surface area (Å²) in [6.07, 6.45) is 3.64. The van der Waals surface area contributed by atoms with Gasteiger partial charge in [0, 0.05) is 11.5 Å². The van der Waals surface area contributed by atoms with Crippen LogP contribution in [-0.4, -0.2) is 30.6 Å². The summed E-state index contributed by atoms with van der Waals surface area (Å²) in [5, 5.41) is 0. The van der Waals surface area contributed by atoms with Gasteiger partial charge in [0.25, 0.3) is 0 Å². The van der Waals surface area contributed by atoms with Gasteiger partial charge in [-0.15, -0.1) is 12.4 Å². The lowest BCUT2D eigenvalue weighted by Crippen LogP contribution is -2.49. The highest BCUT2D eigenvalue weighted by atomic mass is 79.9. The molecular weight excluding hydrogens is 426 g/mol. The van der Waals surface area contributed by atoms with E-state index in [-0.39, 0.29) is 12.4 Å². The first kappa shape index (κ1) is 20.5. The van der Waals surface area contributed by atoms with Crippen LogP contribution in [0.4, 0.5) is 0 Å². The molecule has 0 amide bonds. The monoisotopic (exact) mass is 451 g/mol. The number of nitrogens with zero attached hydrogens (tertiary/aromatic N) is 1. The van der Waals surface area contributed by atoms with E-state index in [1.807, 2.05) is 12.1 Å². The summed E-state index contributed by atoms with van der Waals surface area (Å²) in [7, 11) is 0. The van der Waals surface area contributed by atoms with E-state index in [4.69, 9.17) is 9.47 Å². The topological polar surface area (TPSA) is 21.7 Å². The Balaban J connectivity index is 0.00000210. The van der Waals surface area contributed by atoms with Gasteiger partial charge in [-0.2, -0.15) is 0 Å². The minimum atomic E-state index is 0. The Hall–Kier alpha value is -1.23. The van der Waals surface area contributed by atoms with Crippen molar-refractivity contribution in [2.75, 3.05) is 19.7 Å². The van der Waals surface area contributed by atoms with Crippen molar-refractivity contribution >= 4 is 28.3 Å². The molecule has 3 nitrogen and oxygen atoms in total. The van der Waals surface area contributed by atoms with Crippen molar-refractivity contribution in [3.63, 3.8) is 0 Å². The average Bonchev–Trinajstić information content (AvgIpc) is 2.68. The molecule has 0 radical (unpaired) electrons. The van der Waals surface area contributed by atoms with Crippen LogP contribution in [0.15, 0.2) is 46.9 Å². The first-order chi connectivity index (χ1) is 12.8. The largest absolute Gasteiger partial charge is 0.490 e. The number of fused-ring (bicyclic) bond motifs is 3. The van der Waals surface area contributed by atoms with Gasteiger partial charge in [-0.05, 0) is 66.0 Å². The molecule has 2 atom stereocenters. The molecule has 0 bridgehead atoms. The van der Waals surface area contributed by atoms with Gasteiger partial charge in [0.15, 0.2) is 0 Å². The third kappa shape index (κ3) is 4.28. The van der Waals surface area contributed by atoms with Gasteiger partial charge in [-0.25, -0.2) is 0 Å². The molecule has 5 heteroatoms. The van der Waals surface area contributed by atoms with Gasteiger partial charge >= 0.3 is 0 Å². The lowest BCUT2D eigenvalue weighted by atomic mass is 9.81. The van der Waals surface area contributed by atoms with Crippen molar-refractivity contribution < 1.29 is 9.47 Å². The van der Waals surface area contributed by atoms with Crippen LogP contribution in [-0.2, 0) is 6.61 Å². The number of hydrogen-bond acceptors (Lipinski definition) is 3. The molecule has 2 aliphatic heterocycles. The van der Waals surface area contributed by atoms with Crippen LogP contribution in [0.5, 0.6) is 11.5 Å². The molecule has 0 aromatic heterocycles. The highest BCUT2D eigenvalue weighted by Gasteiger charge is 2.39. The maximum absolute atomic E-state index is 6.27. The third-order valence-corrected chi connectivity index (χ3v) is 6.14. The predicted octanol–water partition coefficient (Wildman–Crippen LogP) is 5.80. The Bertz CT molecular complexity index is 753. The highest BCUT2D eigenvalue weighted by Crippen LogP contribution is 2.48. The average molecular weight is 453 g/mol. The summed E-state index contributed by atoms with van der Waals surface area (Å²) >= 11 is 3.68. The van der Waals surface area contributed by atoms with E-state index in [1.54, 1.807) is 0 Å². The lowest BCUT2D eigenvalue weighted by Gasteiger charge is -2.45. The highest BCUT2D eigenvalue weighted by molar-refractivity contribution is 9.10. The molecule has 146 valence electrons. The fourth-order valence-electron chi connectivity index (χ4n) is 4.33. The molecule has 1 saturated heterocycles. The second-order valence-corrected chi connectivity index (χ2v) is 8.08. The van der Waals surface area contributed by atoms with Gasteiger partial charge in [0.05, 0.1) is 10.5 Å². The van der Waals surface area contributed by atoms with E-state index >= 15 is 0 Å². The van der Waals surface area contributed by atoms with E-state index in [0.29, 0.717) is 18.6 Å². The van der Waals surface area contributed by atoms with E-state index in [1.165, 1.54) is 36.9 Å². The van der Waals surface area contributed by atoms with Crippen molar-refractivity contribution in [2.45, 2.75) is 44.8 Å². The molecule has 1 fully saturated rings. The van der Waals surface area contributed by atoms with Crippen molar-refractivity contribution in [1.29, 1.82) is 0 Å². The summed E-state index contributed by atoms with van der Waals surface area (Å²) in [5.74, 6) is 2.44. The number of halogens is 2. The second kappa shape index (κ2) is 9.31. The number of piperidine rings is 1. The molecule has 2 aromatic rings. The van der Waals surface area contributed by atoms with E-state index in [2.05, 4.69) is 58.1 Å². The first-order valence-electron chi connectivity index (χ1n) is 9.64. The molecule has 2 aromatic carbocycles. The Kier molecular flexibility index (Phi) is 7.07. The molecule has 27 heavy (non-hydrogen) atoms. The zero-order chi connectivity index (χ0) is 17.9. The summed E-state index contributed by atoms with van der Waals surface area (Å²) in [6, 6.07) is 15.0. The molecular formula is C22H27BrClNO2. The molecule has 0 saturated carbocycles. The maximum atomic E-state index is 6.27. The molecule has 2 heterocycles. The number of benzene rings is 2. The third-order valence-electron chi connectivity index (χ3n) is 5.52. The molecule has 0 spiro atoms. The first-order valence-corrected chi connectivity index (χ1v) is 10.4. The maximum Gasteiger partial charge on any atom is 0.140 e. The zero-order valence-electron chi connectivity index (χ0n) is 15.7. The fourth-order valence-corrected chi connectivity index (χ4v) is 4.79. The molecule has 0 aliphatic carbocycles. The molecule has 2 aliphatic rings. The van der Waals surface area contributed by atoms with Gasteiger partial charge in [0.2, 0.25) is 0 Å². The predicted molar refractivity (Wildman–Crippen MR) is 115 cm³/mol. The Morgan fingerprint density at radius 1 is 1.19 bits per heavy atom. The number of ether oxygens (including phenoxy) is 2. The standard InChI is InChI=1S/C22H26BrNO2.ClH/c1-2-12-24-13-6-9-17-19(24)15-26-22-18(23)10-11-20(21(17)22)25-14-16-7-4-3-5-8-16;/h3-5,7-8,10-11,17,19H,2,6,9,12-15H2,1H3;1H/t17-,19+;/m1./s1. The quantitative estimate of drug-likeness (QED) is 0.572. The van der Waals surface area contributed by atoms with Gasteiger partial charge in [-0.3, -0.25) is 4.90 Å². The van der Waals surface area contributed by atoms with Crippen molar-refractivity contribution in [3.8, 4) is 11.5 Å². The van der Waals surface area contributed by atoms with Crippen molar-refractivity contribution in [2.24, 2.45) is 0 Å². The smallest absolute Gasteiger partial charge is 0.140 e. The van der Waals surface area contributed by atoms with E-state index in [0.717, 1.165) is 29.1 Å². The summed E-state index contributed by atoms with van der Waals surface area (Å²) < 4.78 is 13.5. The Morgan fingerprint density at radius 2 is 2.00 bits per heavy atom. The van der Waals surface area contributed by atoms with E-state index in [9.17, 15) is 0 Å². The lowest BCUT2D eigenvalue weighted by molar-refractivity contribution is 0.0636. The minimum absolute atomic E-state index is 0. The Morgan fingerprint density at radius 3 is 2.78 bits per heavy atom. The molecule has 0 unspecified atom stereocenters. The van der Waals surface area contributed by atoms with Crippen LogP contribution in [0.2, 0.25) is 0 Å². The van der Waals surface area contributed by atoms with Crippen LogP contribution < -0.4 is 9.47 Å². The van der Waals surface area contributed by atoms with Crippen LogP contribution in [0.3, 0.4) is 0 Å². The molecule has 0 N–H and O–H groups in total. The van der Waals surface area contributed by atoms with Gasteiger partial charge in [-0.1, -0.05) is 37.3 Å². The van der Waals surface area contributed by atoms with Gasteiger partial charge < -0.3 is 9.47 Å². The Labute approximate surface area is 176 Å². The molecule has 4 rings (SSSR count). The van der Waals surface area contributed by atoms with Crippen LogP contribution in [0, 0.1) is 0 Å². The fraction of sp³-hybridized carbons (Fsp3) is 0.455. The minimum Gasteiger partial charge on any atom is -0.490 e. The van der Waals surface area contributed by atoms with Crippen LogP contribution >= 0.6 is 28.3 Å². The van der Waals surface area contributed by atoms with E-state index < -0.39 is 0 Å². The summed E-state index contributed by atoms with van der Waals surface area (Å²) in [5.41, 5.74) is 2.45. The van der Waals surface area contributed by atoms with Gasteiger partial charge in [0.1, 0.15) is 24.7 Å². The summed E-state index contributed by atoms with van der Waals surface area (Å²) in [6.45, 7) is 5.95. The normalized spacial score (nSPS) is 21.4. The second-order valence-electron chi connectivity index (χ2n) is 7.23. The van der Waals surface area contributed by atoms with Crippen molar-refractivity contribution in [1.82, 2.24) is 4.90 Å². The zero-order valence-corrected chi connectivity index (χ0v) is 18.1. The number of rotatable bonds is 5. The summed E-state index contributed by atoms with van der Waals surface area (Å²) in [4.78, 5) is 2.61. The number of hydrogen-bond donors (Lipinski definition) is 0. The number of likely N-dealkylation sites (tertiary alicyclic amines) is 1. The van der Waals surface area contributed by atoms with Crippen LogP contribution in [0.25, 0.3) is 0 Å².